The van der Waals surface area contributed by atoms with Crippen LogP contribution in [0.1, 0.15) is 50.2 Å². The Morgan fingerprint density at radius 3 is 2.50 bits per heavy atom. The average Bonchev–Trinajstić information content (AvgIpc) is 3.37. The van der Waals surface area contributed by atoms with Gasteiger partial charge in [-0.25, -0.2) is 0 Å². The van der Waals surface area contributed by atoms with E-state index in [0.717, 1.165) is 11.3 Å². The Hall–Kier alpha value is -1.55. The molecule has 0 bridgehead atoms. The smallest absolute Gasteiger partial charge is 0.223 e. The van der Waals surface area contributed by atoms with Crippen molar-refractivity contribution >= 4 is 5.91 Å². The van der Waals surface area contributed by atoms with Gasteiger partial charge in [-0.05, 0) is 62.6 Å². The van der Waals surface area contributed by atoms with Gasteiger partial charge >= 0.3 is 0 Å². The first-order valence-electron chi connectivity index (χ1n) is 9.04. The SMILES string of the molecule is COc1ccc(C(CC(=O)N2C(C)COCC2C)C2CC2)cc1C. The Kier molecular flexibility index (Phi) is 5.14. The molecule has 1 aliphatic carbocycles. The van der Waals surface area contributed by atoms with E-state index in [9.17, 15) is 4.79 Å². The molecule has 2 fully saturated rings. The summed E-state index contributed by atoms with van der Waals surface area (Å²) in [7, 11) is 1.70. The van der Waals surface area contributed by atoms with Crippen molar-refractivity contribution in [3.63, 3.8) is 0 Å². The number of methoxy groups -OCH3 is 1. The van der Waals surface area contributed by atoms with Crippen LogP contribution in [0.5, 0.6) is 5.75 Å². The summed E-state index contributed by atoms with van der Waals surface area (Å²) in [4.78, 5) is 15.0. The van der Waals surface area contributed by atoms with Crippen molar-refractivity contribution in [1.82, 2.24) is 4.90 Å². The molecule has 132 valence electrons. The van der Waals surface area contributed by atoms with Crippen LogP contribution < -0.4 is 4.74 Å². The molecule has 1 saturated heterocycles. The minimum absolute atomic E-state index is 0.165. The third kappa shape index (κ3) is 3.59. The summed E-state index contributed by atoms with van der Waals surface area (Å²) < 4.78 is 10.9. The normalized spacial score (nSPS) is 25.4. The number of nitrogens with zero attached hydrogens (tertiary/aromatic N) is 1. The number of amides is 1. The van der Waals surface area contributed by atoms with Crippen LogP contribution in [0.15, 0.2) is 18.2 Å². The van der Waals surface area contributed by atoms with Gasteiger partial charge in [0.25, 0.3) is 0 Å². The van der Waals surface area contributed by atoms with E-state index < -0.39 is 0 Å². The van der Waals surface area contributed by atoms with Crippen LogP contribution in [0.25, 0.3) is 0 Å². The third-order valence-corrected chi connectivity index (χ3v) is 5.39. The summed E-state index contributed by atoms with van der Waals surface area (Å²) in [6.45, 7) is 7.52. The van der Waals surface area contributed by atoms with Crippen LogP contribution in [0.2, 0.25) is 0 Å². The minimum Gasteiger partial charge on any atom is -0.496 e. The molecule has 1 aliphatic heterocycles. The lowest BCUT2D eigenvalue weighted by Gasteiger charge is -2.39. The molecule has 1 heterocycles. The summed E-state index contributed by atoms with van der Waals surface area (Å²) in [5, 5.41) is 0. The molecule has 1 amide bonds. The molecule has 3 atom stereocenters. The van der Waals surface area contributed by atoms with E-state index in [4.69, 9.17) is 9.47 Å². The van der Waals surface area contributed by atoms with E-state index in [0.29, 0.717) is 31.5 Å². The molecule has 3 rings (SSSR count). The second-order valence-corrected chi connectivity index (χ2v) is 7.41. The van der Waals surface area contributed by atoms with Crippen LogP contribution in [0.3, 0.4) is 0 Å². The second kappa shape index (κ2) is 7.14. The van der Waals surface area contributed by atoms with Gasteiger partial charge in [-0.1, -0.05) is 12.1 Å². The molecule has 0 aromatic heterocycles. The largest absolute Gasteiger partial charge is 0.496 e. The van der Waals surface area contributed by atoms with E-state index in [1.807, 2.05) is 11.0 Å². The number of aryl methyl sites for hydroxylation is 1. The van der Waals surface area contributed by atoms with Crippen molar-refractivity contribution in [1.29, 1.82) is 0 Å². The van der Waals surface area contributed by atoms with Gasteiger partial charge in [0.15, 0.2) is 0 Å². The quantitative estimate of drug-likeness (QED) is 0.828. The number of carbonyl (C=O) groups is 1. The van der Waals surface area contributed by atoms with Gasteiger partial charge in [-0.15, -0.1) is 0 Å². The van der Waals surface area contributed by atoms with E-state index in [1.54, 1.807) is 7.11 Å². The molecule has 0 spiro atoms. The van der Waals surface area contributed by atoms with Crippen LogP contribution in [0.4, 0.5) is 0 Å². The first-order valence-corrected chi connectivity index (χ1v) is 9.04. The predicted octanol–water partition coefficient (Wildman–Crippen LogP) is 3.52. The van der Waals surface area contributed by atoms with Gasteiger partial charge in [0.05, 0.1) is 32.4 Å². The second-order valence-electron chi connectivity index (χ2n) is 7.41. The topological polar surface area (TPSA) is 38.8 Å². The molecular weight excluding hydrogens is 302 g/mol. The number of carbonyl (C=O) groups excluding carboxylic acids is 1. The highest BCUT2D eigenvalue weighted by atomic mass is 16.5. The Morgan fingerprint density at radius 2 is 1.96 bits per heavy atom. The number of hydrogen-bond acceptors (Lipinski definition) is 3. The highest BCUT2D eigenvalue weighted by Gasteiger charge is 2.37. The Bertz CT molecular complexity index is 587. The lowest BCUT2D eigenvalue weighted by atomic mass is 9.89. The maximum absolute atomic E-state index is 13.0. The number of ether oxygens (including phenoxy) is 2. The molecule has 1 saturated carbocycles. The maximum Gasteiger partial charge on any atom is 0.223 e. The van der Waals surface area contributed by atoms with E-state index in [2.05, 4.69) is 32.9 Å². The maximum atomic E-state index is 13.0. The van der Waals surface area contributed by atoms with Crippen LogP contribution in [-0.2, 0) is 9.53 Å². The molecule has 4 nitrogen and oxygen atoms in total. The summed E-state index contributed by atoms with van der Waals surface area (Å²) in [6, 6.07) is 6.69. The Morgan fingerprint density at radius 1 is 1.29 bits per heavy atom. The highest BCUT2D eigenvalue weighted by molar-refractivity contribution is 5.78. The Labute approximate surface area is 145 Å². The van der Waals surface area contributed by atoms with Crippen molar-refractivity contribution in [3.8, 4) is 5.75 Å². The molecule has 1 aromatic carbocycles. The van der Waals surface area contributed by atoms with Crippen molar-refractivity contribution < 1.29 is 14.3 Å². The lowest BCUT2D eigenvalue weighted by molar-refractivity contribution is -0.144. The van der Waals surface area contributed by atoms with Gasteiger partial charge < -0.3 is 14.4 Å². The zero-order valence-corrected chi connectivity index (χ0v) is 15.2. The fourth-order valence-electron chi connectivity index (χ4n) is 3.98. The summed E-state index contributed by atoms with van der Waals surface area (Å²) in [5.41, 5.74) is 2.42. The fourth-order valence-corrected chi connectivity index (χ4v) is 3.98. The van der Waals surface area contributed by atoms with Crippen molar-refractivity contribution in [2.75, 3.05) is 20.3 Å². The van der Waals surface area contributed by atoms with Crippen LogP contribution >= 0.6 is 0 Å². The summed E-state index contributed by atoms with van der Waals surface area (Å²) >= 11 is 0. The highest BCUT2D eigenvalue weighted by Crippen LogP contribution is 2.45. The number of rotatable bonds is 5. The third-order valence-electron chi connectivity index (χ3n) is 5.39. The number of hydrogen-bond donors (Lipinski definition) is 0. The molecule has 3 unspecified atom stereocenters. The molecule has 24 heavy (non-hydrogen) atoms. The standard InChI is InChI=1S/C20H29NO3/c1-13-9-17(7-8-19(13)23-4)18(16-5-6-16)10-20(22)21-14(2)11-24-12-15(21)3/h7-9,14-16,18H,5-6,10-12H2,1-4H3. The number of benzene rings is 1. The van der Waals surface area contributed by atoms with Gasteiger partial charge in [0.2, 0.25) is 5.91 Å². The summed E-state index contributed by atoms with van der Waals surface area (Å²) in [5.74, 6) is 2.15. The molecular formula is C20H29NO3. The number of morpholine rings is 1. The molecule has 1 aromatic rings. The van der Waals surface area contributed by atoms with Gasteiger partial charge in [0.1, 0.15) is 5.75 Å². The predicted molar refractivity (Wildman–Crippen MR) is 94.4 cm³/mol. The van der Waals surface area contributed by atoms with Gasteiger partial charge in [-0.2, -0.15) is 0 Å². The van der Waals surface area contributed by atoms with Crippen LogP contribution in [-0.4, -0.2) is 43.2 Å². The average molecular weight is 331 g/mol. The molecule has 0 radical (unpaired) electrons. The first-order chi connectivity index (χ1) is 11.5. The molecule has 0 N–H and O–H groups in total. The van der Waals surface area contributed by atoms with Gasteiger partial charge in [-0.3, -0.25) is 4.79 Å². The van der Waals surface area contributed by atoms with E-state index >= 15 is 0 Å². The first kappa shape index (κ1) is 17.3. The zero-order chi connectivity index (χ0) is 17.3. The van der Waals surface area contributed by atoms with Crippen LogP contribution in [0, 0.1) is 12.8 Å². The molecule has 2 aliphatic rings. The van der Waals surface area contributed by atoms with Gasteiger partial charge in [0, 0.05) is 6.42 Å². The summed E-state index contributed by atoms with van der Waals surface area (Å²) in [6.07, 6.45) is 3.07. The fraction of sp³-hybridized carbons (Fsp3) is 0.650. The van der Waals surface area contributed by atoms with Crippen molar-refractivity contribution in [3.05, 3.63) is 29.3 Å². The van der Waals surface area contributed by atoms with Crippen molar-refractivity contribution in [2.24, 2.45) is 5.92 Å². The Balaban J connectivity index is 1.77. The zero-order valence-electron chi connectivity index (χ0n) is 15.2. The monoisotopic (exact) mass is 331 g/mol. The van der Waals surface area contributed by atoms with E-state index in [-0.39, 0.29) is 18.0 Å². The minimum atomic E-state index is 0.165. The molecule has 4 heteroatoms. The van der Waals surface area contributed by atoms with E-state index in [1.165, 1.54) is 18.4 Å². The lowest BCUT2D eigenvalue weighted by Crippen LogP contribution is -2.52. The van der Waals surface area contributed by atoms with Crippen molar-refractivity contribution in [2.45, 2.75) is 58.0 Å².